The van der Waals surface area contributed by atoms with Crippen molar-refractivity contribution in [2.75, 3.05) is 13.2 Å². The number of hydrogen-bond donors (Lipinski definition) is 0. The molecule has 0 fully saturated rings. The standard InChI is InChI=1S/C60H100O6/c1-4-7-10-13-16-19-22-25-28-30-33-35-38-41-44-47-50-53-59(62)65-56-57(55-64-58(61)52-49-46-43-40-37-34-31-27-24-21-18-15-12-9-6-3)66-60(63)54-51-48-45-42-39-36-32-29-26-23-20-17-14-11-8-5-2/h8-9,11-12,15,17-18,20-21,24,26-27,29,31,34,37,57H,4-7,10,13-14,16,19,22-23,25,28,30,32-33,35-36,38-56H2,1-3H3/b11-8-,12-9-,18-15-,20-17-,24-21-,29-26-,31-27-,37-34-. The largest absolute Gasteiger partial charge is 0.462 e. The second-order valence-corrected chi connectivity index (χ2v) is 17.9. The van der Waals surface area contributed by atoms with Gasteiger partial charge in [-0.15, -0.1) is 0 Å². The Morgan fingerprint density at radius 2 is 0.667 bits per heavy atom. The Morgan fingerprint density at radius 1 is 0.333 bits per heavy atom. The first-order valence-electron chi connectivity index (χ1n) is 27.3. The number of carbonyl (C=O) groups is 3. The predicted octanol–water partition coefficient (Wildman–Crippen LogP) is 18.1. The van der Waals surface area contributed by atoms with E-state index in [0.29, 0.717) is 19.3 Å². The van der Waals surface area contributed by atoms with E-state index in [0.717, 1.165) is 103 Å². The minimum absolute atomic E-state index is 0.0958. The summed E-state index contributed by atoms with van der Waals surface area (Å²) in [6.07, 6.45) is 71.1. The van der Waals surface area contributed by atoms with Crippen LogP contribution in [-0.2, 0) is 28.6 Å². The number of ether oxygens (including phenoxy) is 3. The third-order valence-corrected chi connectivity index (χ3v) is 11.5. The highest BCUT2D eigenvalue weighted by molar-refractivity contribution is 5.71. The highest BCUT2D eigenvalue weighted by Crippen LogP contribution is 2.16. The molecule has 0 amide bonds. The van der Waals surface area contributed by atoms with E-state index < -0.39 is 6.10 Å². The van der Waals surface area contributed by atoms with Gasteiger partial charge in [0.2, 0.25) is 0 Å². The van der Waals surface area contributed by atoms with Crippen molar-refractivity contribution in [2.45, 2.75) is 252 Å². The van der Waals surface area contributed by atoms with Crippen molar-refractivity contribution in [2.24, 2.45) is 0 Å². The van der Waals surface area contributed by atoms with Crippen LogP contribution in [0.4, 0.5) is 0 Å². The molecular formula is C60H100O6. The van der Waals surface area contributed by atoms with Gasteiger partial charge in [0, 0.05) is 19.3 Å². The molecule has 0 aliphatic heterocycles. The van der Waals surface area contributed by atoms with Crippen LogP contribution in [0.25, 0.3) is 0 Å². The van der Waals surface area contributed by atoms with Gasteiger partial charge in [0.05, 0.1) is 0 Å². The van der Waals surface area contributed by atoms with Crippen molar-refractivity contribution >= 4 is 17.9 Å². The first-order valence-corrected chi connectivity index (χ1v) is 27.3. The second-order valence-electron chi connectivity index (χ2n) is 17.9. The Balaban J connectivity index is 4.46. The molecule has 0 aliphatic carbocycles. The number of hydrogen-bond acceptors (Lipinski definition) is 6. The van der Waals surface area contributed by atoms with Crippen LogP contribution in [0.2, 0.25) is 0 Å². The predicted molar refractivity (Wildman–Crippen MR) is 284 cm³/mol. The molecule has 0 rings (SSSR count). The molecule has 6 nitrogen and oxygen atoms in total. The second kappa shape index (κ2) is 53.9. The lowest BCUT2D eigenvalue weighted by atomic mass is 10.0. The summed E-state index contributed by atoms with van der Waals surface area (Å²) < 4.78 is 16.8. The van der Waals surface area contributed by atoms with Crippen LogP contribution < -0.4 is 0 Å². The fourth-order valence-electron chi connectivity index (χ4n) is 7.42. The average molecular weight is 917 g/mol. The van der Waals surface area contributed by atoms with Gasteiger partial charge in [0.15, 0.2) is 6.10 Å². The molecule has 1 unspecified atom stereocenters. The molecule has 66 heavy (non-hydrogen) atoms. The van der Waals surface area contributed by atoms with Gasteiger partial charge in [0.1, 0.15) is 13.2 Å². The summed E-state index contributed by atoms with van der Waals surface area (Å²) in [6, 6.07) is 0. The van der Waals surface area contributed by atoms with E-state index in [9.17, 15) is 14.4 Å². The van der Waals surface area contributed by atoms with Gasteiger partial charge in [0.25, 0.3) is 0 Å². The van der Waals surface area contributed by atoms with E-state index >= 15 is 0 Å². The van der Waals surface area contributed by atoms with Gasteiger partial charge < -0.3 is 14.2 Å². The molecule has 0 aromatic heterocycles. The van der Waals surface area contributed by atoms with Gasteiger partial charge in [-0.1, -0.05) is 253 Å². The number of unbranched alkanes of at least 4 members (excludes halogenated alkanes) is 25. The fourth-order valence-corrected chi connectivity index (χ4v) is 7.42. The normalized spacial score (nSPS) is 12.8. The molecule has 0 saturated carbocycles. The fraction of sp³-hybridized carbons (Fsp3) is 0.683. The molecule has 376 valence electrons. The Kier molecular flexibility index (Phi) is 50.9. The molecule has 0 heterocycles. The Morgan fingerprint density at radius 3 is 1.12 bits per heavy atom. The lowest BCUT2D eigenvalue weighted by Crippen LogP contribution is -2.30. The third kappa shape index (κ3) is 51.3. The van der Waals surface area contributed by atoms with Crippen LogP contribution in [0, 0.1) is 0 Å². The third-order valence-electron chi connectivity index (χ3n) is 11.5. The zero-order chi connectivity index (χ0) is 47.9. The van der Waals surface area contributed by atoms with E-state index in [-0.39, 0.29) is 31.1 Å². The van der Waals surface area contributed by atoms with E-state index in [1.807, 2.05) is 48.6 Å². The monoisotopic (exact) mass is 917 g/mol. The summed E-state index contributed by atoms with van der Waals surface area (Å²) in [7, 11) is 0. The summed E-state index contributed by atoms with van der Waals surface area (Å²) >= 11 is 0. The summed E-state index contributed by atoms with van der Waals surface area (Å²) in [4.78, 5) is 38.1. The summed E-state index contributed by atoms with van der Waals surface area (Å²) in [5.74, 6) is -0.950. The van der Waals surface area contributed by atoms with Crippen molar-refractivity contribution < 1.29 is 28.6 Å². The van der Waals surface area contributed by atoms with Gasteiger partial charge >= 0.3 is 17.9 Å². The molecule has 0 aromatic carbocycles. The quantitative estimate of drug-likeness (QED) is 0.0199. The average Bonchev–Trinajstić information content (AvgIpc) is 3.31. The molecule has 0 bridgehead atoms. The van der Waals surface area contributed by atoms with Crippen LogP contribution in [0.15, 0.2) is 97.2 Å². The molecular weight excluding hydrogens is 817 g/mol. The van der Waals surface area contributed by atoms with Gasteiger partial charge in [-0.05, 0) is 70.6 Å². The number of esters is 3. The maximum Gasteiger partial charge on any atom is 0.306 e. The number of allylic oxidation sites excluding steroid dienone is 16. The molecule has 6 heteroatoms. The van der Waals surface area contributed by atoms with E-state index in [2.05, 4.69) is 69.4 Å². The Hall–Kier alpha value is -3.67. The Bertz CT molecular complexity index is 1330. The smallest absolute Gasteiger partial charge is 0.306 e. The number of rotatable bonds is 48. The van der Waals surface area contributed by atoms with E-state index in [4.69, 9.17) is 14.2 Å². The maximum absolute atomic E-state index is 12.8. The van der Waals surface area contributed by atoms with Crippen LogP contribution in [0.5, 0.6) is 0 Å². The van der Waals surface area contributed by atoms with Crippen molar-refractivity contribution in [3.05, 3.63) is 97.2 Å². The van der Waals surface area contributed by atoms with Crippen LogP contribution in [0.1, 0.15) is 245 Å². The zero-order valence-electron chi connectivity index (χ0n) is 42.9. The maximum atomic E-state index is 12.8. The van der Waals surface area contributed by atoms with Crippen LogP contribution >= 0.6 is 0 Å². The van der Waals surface area contributed by atoms with Crippen LogP contribution in [0.3, 0.4) is 0 Å². The van der Waals surface area contributed by atoms with Gasteiger partial charge in [-0.25, -0.2) is 0 Å². The Labute approximate surface area is 407 Å². The van der Waals surface area contributed by atoms with Crippen molar-refractivity contribution in [3.63, 3.8) is 0 Å². The lowest BCUT2D eigenvalue weighted by Gasteiger charge is -2.18. The first kappa shape index (κ1) is 62.3. The minimum Gasteiger partial charge on any atom is -0.462 e. The molecule has 0 saturated heterocycles. The molecule has 0 aliphatic rings. The van der Waals surface area contributed by atoms with E-state index in [1.165, 1.54) is 103 Å². The molecule has 0 radical (unpaired) electrons. The molecule has 0 N–H and O–H groups in total. The highest BCUT2D eigenvalue weighted by atomic mass is 16.6. The minimum atomic E-state index is -0.802. The van der Waals surface area contributed by atoms with Crippen LogP contribution in [-0.4, -0.2) is 37.2 Å². The summed E-state index contributed by atoms with van der Waals surface area (Å²) in [5, 5.41) is 0. The molecule has 0 aromatic rings. The molecule has 1 atom stereocenters. The molecule has 0 spiro atoms. The number of carbonyl (C=O) groups excluding carboxylic acids is 3. The van der Waals surface area contributed by atoms with Crippen molar-refractivity contribution in [1.29, 1.82) is 0 Å². The van der Waals surface area contributed by atoms with Gasteiger partial charge in [-0.2, -0.15) is 0 Å². The highest BCUT2D eigenvalue weighted by Gasteiger charge is 2.19. The summed E-state index contributed by atoms with van der Waals surface area (Å²) in [6.45, 7) is 6.35. The van der Waals surface area contributed by atoms with Gasteiger partial charge in [-0.3, -0.25) is 14.4 Å². The summed E-state index contributed by atoms with van der Waals surface area (Å²) in [5.41, 5.74) is 0. The lowest BCUT2D eigenvalue weighted by molar-refractivity contribution is -0.167. The van der Waals surface area contributed by atoms with E-state index in [1.54, 1.807) is 0 Å². The zero-order valence-corrected chi connectivity index (χ0v) is 42.9. The topological polar surface area (TPSA) is 78.9 Å². The van der Waals surface area contributed by atoms with Crippen molar-refractivity contribution in [1.82, 2.24) is 0 Å². The SMILES string of the molecule is CC\C=C/C=C\C=C/C=C\C=C/CCCCCC(=O)OCC(COC(=O)CCCCCCCCCCCCCCCCCCC)OC(=O)CCCCCCCC/C=C\C/C=C\C/C=C\CC. The van der Waals surface area contributed by atoms with Crippen molar-refractivity contribution in [3.8, 4) is 0 Å². The first-order chi connectivity index (χ1) is 32.5.